The van der Waals surface area contributed by atoms with Crippen molar-refractivity contribution in [3.05, 3.63) is 10.6 Å². The summed E-state index contributed by atoms with van der Waals surface area (Å²) >= 11 is 6.14. The minimum Gasteiger partial charge on any atom is -0.462 e. The topological polar surface area (TPSA) is 80.3 Å². The van der Waals surface area contributed by atoms with Gasteiger partial charge < -0.3 is 15.4 Å². The van der Waals surface area contributed by atoms with Gasteiger partial charge in [-0.05, 0) is 32.5 Å². The SMILES string of the molecule is CCCC(=O)NC(=S)Nc1nc(C)c(C(=O)OCC)s1. The maximum atomic E-state index is 11.6. The van der Waals surface area contributed by atoms with E-state index in [4.69, 9.17) is 17.0 Å². The van der Waals surface area contributed by atoms with E-state index in [2.05, 4.69) is 15.6 Å². The van der Waals surface area contributed by atoms with Gasteiger partial charge in [0, 0.05) is 6.42 Å². The average Bonchev–Trinajstić information content (AvgIpc) is 2.70. The van der Waals surface area contributed by atoms with E-state index in [1.807, 2.05) is 6.92 Å². The zero-order valence-electron chi connectivity index (χ0n) is 11.6. The van der Waals surface area contributed by atoms with Crippen molar-refractivity contribution >= 4 is 45.7 Å². The van der Waals surface area contributed by atoms with Crippen molar-refractivity contribution in [3.8, 4) is 0 Å². The number of thiazole rings is 1. The number of nitrogens with one attached hydrogen (secondary N) is 2. The number of ether oxygens (including phenoxy) is 1. The Morgan fingerprint density at radius 3 is 2.70 bits per heavy atom. The van der Waals surface area contributed by atoms with Crippen LogP contribution in [0.2, 0.25) is 0 Å². The van der Waals surface area contributed by atoms with Gasteiger partial charge in [0.05, 0.1) is 12.3 Å². The number of carbonyl (C=O) groups is 2. The lowest BCUT2D eigenvalue weighted by Crippen LogP contribution is -2.33. The van der Waals surface area contributed by atoms with Crippen molar-refractivity contribution in [1.29, 1.82) is 0 Å². The normalized spacial score (nSPS) is 9.95. The molecule has 1 rings (SSSR count). The smallest absolute Gasteiger partial charge is 0.350 e. The molecule has 0 aliphatic carbocycles. The summed E-state index contributed by atoms with van der Waals surface area (Å²) in [4.78, 5) is 27.6. The molecule has 1 aromatic heterocycles. The first-order valence-electron chi connectivity index (χ1n) is 6.23. The maximum Gasteiger partial charge on any atom is 0.350 e. The number of rotatable bonds is 5. The zero-order chi connectivity index (χ0) is 15.1. The largest absolute Gasteiger partial charge is 0.462 e. The molecule has 1 heterocycles. The number of thiocarbonyl (C=S) groups is 1. The lowest BCUT2D eigenvalue weighted by molar-refractivity contribution is -0.119. The Hall–Kier alpha value is -1.54. The van der Waals surface area contributed by atoms with Crippen molar-refractivity contribution in [3.63, 3.8) is 0 Å². The Labute approximate surface area is 126 Å². The summed E-state index contributed by atoms with van der Waals surface area (Å²) in [5.41, 5.74) is 0.568. The summed E-state index contributed by atoms with van der Waals surface area (Å²) in [5.74, 6) is -0.555. The standard InChI is InChI=1S/C12H17N3O3S2/c1-4-6-8(16)14-11(19)15-12-13-7(3)9(20-12)10(17)18-5-2/h4-6H2,1-3H3,(H2,13,14,15,16,19). The maximum absolute atomic E-state index is 11.6. The van der Waals surface area contributed by atoms with Crippen LogP contribution in [0.25, 0.3) is 0 Å². The Kier molecular flexibility index (Phi) is 6.53. The third kappa shape index (κ3) is 4.86. The number of amides is 1. The Bertz CT molecular complexity index is 514. The van der Waals surface area contributed by atoms with Crippen LogP contribution in [-0.4, -0.2) is 28.6 Å². The molecule has 20 heavy (non-hydrogen) atoms. The first-order valence-corrected chi connectivity index (χ1v) is 7.45. The molecule has 1 amide bonds. The van der Waals surface area contributed by atoms with Crippen molar-refractivity contribution in [2.24, 2.45) is 0 Å². The lowest BCUT2D eigenvalue weighted by atomic mass is 10.3. The molecule has 0 saturated carbocycles. The molecule has 1 aromatic rings. The Morgan fingerprint density at radius 1 is 1.40 bits per heavy atom. The van der Waals surface area contributed by atoms with Gasteiger partial charge in [-0.2, -0.15) is 0 Å². The zero-order valence-corrected chi connectivity index (χ0v) is 13.2. The number of aryl methyl sites for hydroxylation is 1. The number of nitrogens with zero attached hydrogens (tertiary/aromatic N) is 1. The number of hydrogen-bond acceptors (Lipinski definition) is 6. The second-order valence-electron chi connectivity index (χ2n) is 3.91. The van der Waals surface area contributed by atoms with Crippen LogP contribution in [0.3, 0.4) is 0 Å². The predicted octanol–water partition coefficient (Wildman–Crippen LogP) is 2.24. The molecule has 0 bridgehead atoms. The first-order chi connectivity index (χ1) is 9.47. The van der Waals surface area contributed by atoms with Gasteiger partial charge in [0.1, 0.15) is 4.88 Å². The monoisotopic (exact) mass is 315 g/mol. The van der Waals surface area contributed by atoms with E-state index in [1.165, 1.54) is 0 Å². The van der Waals surface area contributed by atoms with Crippen LogP contribution < -0.4 is 10.6 Å². The molecule has 0 radical (unpaired) electrons. The van der Waals surface area contributed by atoms with E-state index in [0.717, 1.165) is 17.8 Å². The second kappa shape index (κ2) is 7.91. The summed E-state index contributed by atoms with van der Waals surface area (Å²) in [5, 5.41) is 5.96. The molecular weight excluding hydrogens is 298 g/mol. The van der Waals surface area contributed by atoms with Gasteiger partial charge in [-0.15, -0.1) is 0 Å². The second-order valence-corrected chi connectivity index (χ2v) is 5.31. The summed E-state index contributed by atoms with van der Waals surface area (Å²) < 4.78 is 4.92. The van der Waals surface area contributed by atoms with Gasteiger partial charge in [-0.1, -0.05) is 18.3 Å². The number of carbonyl (C=O) groups excluding carboxylic acids is 2. The molecule has 0 unspecified atom stereocenters. The van der Waals surface area contributed by atoms with Crippen LogP contribution in [0, 0.1) is 6.92 Å². The van der Waals surface area contributed by atoms with Crippen molar-refractivity contribution < 1.29 is 14.3 Å². The highest BCUT2D eigenvalue weighted by atomic mass is 32.1. The van der Waals surface area contributed by atoms with E-state index in [1.54, 1.807) is 13.8 Å². The van der Waals surface area contributed by atoms with Crippen LogP contribution in [0.5, 0.6) is 0 Å². The van der Waals surface area contributed by atoms with Gasteiger partial charge in [-0.25, -0.2) is 9.78 Å². The minimum atomic E-state index is -0.406. The highest BCUT2D eigenvalue weighted by Gasteiger charge is 2.17. The van der Waals surface area contributed by atoms with E-state index in [0.29, 0.717) is 28.7 Å². The summed E-state index contributed by atoms with van der Waals surface area (Å²) in [6, 6.07) is 0. The van der Waals surface area contributed by atoms with Crippen LogP contribution in [-0.2, 0) is 9.53 Å². The van der Waals surface area contributed by atoms with E-state index < -0.39 is 5.97 Å². The fourth-order valence-corrected chi connectivity index (χ4v) is 2.52. The number of anilines is 1. The van der Waals surface area contributed by atoms with Gasteiger partial charge in [0.25, 0.3) is 0 Å². The third-order valence-electron chi connectivity index (χ3n) is 2.21. The lowest BCUT2D eigenvalue weighted by Gasteiger charge is -2.05. The molecule has 110 valence electrons. The van der Waals surface area contributed by atoms with Crippen LogP contribution in [0.1, 0.15) is 42.1 Å². The van der Waals surface area contributed by atoms with Gasteiger partial charge >= 0.3 is 5.97 Å². The summed E-state index contributed by atoms with van der Waals surface area (Å²) in [7, 11) is 0. The molecule has 0 aliphatic heterocycles. The molecule has 0 aromatic carbocycles. The molecule has 0 atom stereocenters. The Morgan fingerprint density at radius 2 is 2.10 bits per heavy atom. The molecule has 0 spiro atoms. The Balaban J connectivity index is 2.65. The molecule has 8 heteroatoms. The van der Waals surface area contributed by atoms with E-state index in [-0.39, 0.29) is 11.0 Å². The van der Waals surface area contributed by atoms with Crippen molar-refractivity contribution in [2.45, 2.75) is 33.6 Å². The predicted molar refractivity (Wildman–Crippen MR) is 82.1 cm³/mol. The van der Waals surface area contributed by atoms with Crippen LogP contribution in [0.4, 0.5) is 5.13 Å². The summed E-state index contributed by atoms with van der Waals surface area (Å²) in [6.07, 6.45) is 1.16. The van der Waals surface area contributed by atoms with Gasteiger partial charge in [-0.3, -0.25) is 4.79 Å². The van der Waals surface area contributed by atoms with E-state index in [9.17, 15) is 9.59 Å². The number of hydrogen-bond donors (Lipinski definition) is 2. The van der Waals surface area contributed by atoms with Crippen molar-refractivity contribution in [1.82, 2.24) is 10.3 Å². The molecule has 0 aliphatic rings. The number of esters is 1. The summed E-state index contributed by atoms with van der Waals surface area (Å²) in [6.45, 7) is 5.68. The molecule has 0 saturated heterocycles. The molecule has 2 N–H and O–H groups in total. The fourth-order valence-electron chi connectivity index (χ4n) is 1.38. The number of aromatic nitrogens is 1. The average molecular weight is 315 g/mol. The van der Waals surface area contributed by atoms with Crippen LogP contribution in [0.15, 0.2) is 0 Å². The fraction of sp³-hybridized carbons (Fsp3) is 0.500. The molecule has 0 fully saturated rings. The highest BCUT2D eigenvalue weighted by Crippen LogP contribution is 2.23. The quantitative estimate of drug-likeness (QED) is 0.641. The highest BCUT2D eigenvalue weighted by molar-refractivity contribution is 7.80. The van der Waals surface area contributed by atoms with Crippen LogP contribution >= 0.6 is 23.6 Å². The van der Waals surface area contributed by atoms with Gasteiger partial charge in [0.15, 0.2) is 10.2 Å². The molecular formula is C12H17N3O3S2. The molecule has 6 nitrogen and oxygen atoms in total. The van der Waals surface area contributed by atoms with Crippen molar-refractivity contribution in [2.75, 3.05) is 11.9 Å². The van der Waals surface area contributed by atoms with E-state index >= 15 is 0 Å². The minimum absolute atomic E-state index is 0.149. The van der Waals surface area contributed by atoms with Gasteiger partial charge in [0.2, 0.25) is 5.91 Å². The first kappa shape index (κ1) is 16.5. The third-order valence-corrected chi connectivity index (χ3v) is 3.46.